The molecule has 0 unspecified atom stereocenters. The van der Waals surface area contributed by atoms with Gasteiger partial charge < -0.3 is 14.8 Å². The van der Waals surface area contributed by atoms with Gasteiger partial charge in [0, 0.05) is 17.7 Å². The maximum Gasteiger partial charge on any atom is 0.418 e. The average Bonchev–Trinajstić information content (AvgIpc) is 3.02. The van der Waals surface area contributed by atoms with Crippen LogP contribution in [0.4, 0.5) is 14.0 Å². The Hall–Kier alpha value is -5.07. The first kappa shape index (κ1) is 32.8. The SMILES string of the molecule is N=C(NC(=O)Oc1ccc(F)cc1)c1cccc(CCCCCCNC(=O)Oc2ccc(-c3ccccc3S(N)(=O)=O)cc2)c1. The molecule has 0 aromatic heterocycles. The third-order valence-corrected chi connectivity index (χ3v) is 7.67. The Labute approximate surface area is 260 Å². The second-order valence-electron chi connectivity index (χ2n) is 10.1. The van der Waals surface area contributed by atoms with E-state index in [0.717, 1.165) is 37.7 Å². The third kappa shape index (κ3) is 10.3. The highest BCUT2D eigenvalue weighted by atomic mass is 32.2. The van der Waals surface area contributed by atoms with Crippen LogP contribution in [0, 0.1) is 11.2 Å². The molecule has 45 heavy (non-hydrogen) atoms. The lowest BCUT2D eigenvalue weighted by atomic mass is 10.0. The van der Waals surface area contributed by atoms with Crippen molar-refractivity contribution >= 4 is 28.0 Å². The number of rotatable bonds is 12. The van der Waals surface area contributed by atoms with Crippen molar-refractivity contribution in [3.05, 3.63) is 114 Å². The molecular formula is C33H33FN4O6S. The van der Waals surface area contributed by atoms with Gasteiger partial charge in [0.15, 0.2) is 0 Å². The summed E-state index contributed by atoms with van der Waals surface area (Å²) in [6.45, 7) is 0.449. The van der Waals surface area contributed by atoms with Crippen LogP contribution in [-0.2, 0) is 16.4 Å². The minimum Gasteiger partial charge on any atom is -0.410 e. The number of aryl methyl sites for hydroxylation is 1. The highest BCUT2D eigenvalue weighted by molar-refractivity contribution is 7.89. The second kappa shape index (κ2) is 15.6. The van der Waals surface area contributed by atoms with Gasteiger partial charge in [0.05, 0.1) is 4.90 Å². The highest BCUT2D eigenvalue weighted by Gasteiger charge is 2.15. The number of carbonyl (C=O) groups is 2. The Bertz CT molecular complexity index is 1750. The van der Waals surface area contributed by atoms with Gasteiger partial charge >= 0.3 is 12.2 Å². The van der Waals surface area contributed by atoms with Crippen molar-refractivity contribution in [1.29, 1.82) is 5.41 Å². The zero-order valence-corrected chi connectivity index (χ0v) is 25.1. The van der Waals surface area contributed by atoms with Crippen LogP contribution in [-0.4, -0.2) is 33.0 Å². The molecule has 2 amide bonds. The van der Waals surface area contributed by atoms with Gasteiger partial charge in [0.1, 0.15) is 23.2 Å². The molecule has 0 aliphatic carbocycles. The molecule has 0 aliphatic rings. The molecule has 0 aliphatic heterocycles. The first-order valence-electron chi connectivity index (χ1n) is 14.2. The Morgan fingerprint density at radius 2 is 1.42 bits per heavy atom. The number of unbranched alkanes of at least 4 members (excludes halogenated alkanes) is 3. The van der Waals surface area contributed by atoms with E-state index in [9.17, 15) is 22.4 Å². The van der Waals surface area contributed by atoms with Crippen LogP contribution in [0.25, 0.3) is 11.1 Å². The number of primary sulfonamides is 1. The fourth-order valence-electron chi connectivity index (χ4n) is 4.49. The number of amidine groups is 1. The third-order valence-electron chi connectivity index (χ3n) is 6.70. The molecule has 4 aromatic rings. The topological polar surface area (TPSA) is 161 Å². The molecule has 0 saturated heterocycles. The summed E-state index contributed by atoms with van der Waals surface area (Å²) in [4.78, 5) is 24.3. The van der Waals surface area contributed by atoms with Gasteiger partial charge in [-0.2, -0.15) is 0 Å². The van der Waals surface area contributed by atoms with Crippen LogP contribution in [0.15, 0.2) is 102 Å². The van der Waals surface area contributed by atoms with Crippen LogP contribution < -0.4 is 25.2 Å². The van der Waals surface area contributed by atoms with E-state index < -0.39 is 28.0 Å². The Morgan fingerprint density at radius 1 is 0.778 bits per heavy atom. The molecule has 10 nitrogen and oxygen atoms in total. The van der Waals surface area contributed by atoms with Crippen molar-refractivity contribution in [2.45, 2.75) is 37.0 Å². The predicted octanol–water partition coefficient (Wildman–Crippen LogP) is 6.15. The van der Waals surface area contributed by atoms with Gasteiger partial charge in [-0.3, -0.25) is 10.7 Å². The molecule has 4 aromatic carbocycles. The standard InChI is InChI=1S/C33H33FN4O6S/c34-26-15-19-28(20-16-26)44-33(40)38-31(35)25-10-7-9-23(22-25)8-3-1-2-6-21-37-32(39)43-27-17-13-24(14-18-27)29-11-4-5-12-30(29)45(36,41)42/h4-5,7,9-20,22H,1-3,6,8,21H2,(H,37,39)(H2,35,38,40)(H2,36,41,42). The number of carbonyl (C=O) groups excluding carboxylic acids is 2. The molecule has 0 atom stereocenters. The highest BCUT2D eigenvalue weighted by Crippen LogP contribution is 2.28. The van der Waals surface area contributed by atoms with Crippen molar-refractivity contribution in [2.75, 3.05) is 6.54 Å². The zero-order valence-electron chi connectivity index (χ0n) is 24.3. The lowest BCUT2D eigenvalue weighted by molar-refractivity contribution is 0.200. The molecule has 4 rings (SSSR count). The van der Waals surface area contributed by atoms with Crippen LogP contribution in [0.5, 0.6) is 11.5 Å². The Kier molecular flexibility index (Phi) is 11.4. The average molecular weight is 633 g/mol. The Balaban J connectivity index is 1.12. The molecule has 0 spiro atoms. The maximum atomic E-state index is 13.0. The van der Waals surface area contributed by atoms with Gasteiger partial charge in [-0.05, 0) is 78.9 Å². The fourth-order valence-corrected chi connectivity index (χ4v) is 5.25. The molecular weight excluding hydrogens is 599 g/mol. The fraction of sp³-hybridized carbons (Fsp3) is 0.182. The molecule has 0 heterocycles. The first-order chi connectivity index (χ1) is 21.6. The largest absolute Gasteiger partial charge is 0.418 e. The Morgan fingerprint density at radius 3 is 2.13 bits per heavy atom. The van der Waals surface area contributed by atoms with Crippen LogP contribution in [0.3, 0.4) is 0 Å². The summed E-state index contributed by atoms with van der Waals surface area (Å²) in [7, 11) is -3.89. The number of sulfonamides is 1. The molecule has 0 saturated carbocycles. The van der Waals surface area contributed by atoms with E-state index >= 15 is 0 Å². The van der Waals surface area contributed by atoms with Crippen molar-refractivity contribution in [3.63, 3.8) is 0 Å². The molecule has 234 valence electrons. The van der Waals surface area contributed by atoms with Crippen molar-refractivity contribution < 1.29 is 31.9 Å². The summed E-state index contributed by atoms with van der Waals surface area (Å²) in [5, 5.41) is 18.6. The van der Waals surface area contributed by atoms with E-state index in [0.29, 0.717) is 29.0 Å². The lowest BCUT2D eigenvalue weighted by Gasteiger charge is -2.10. The van der Waals surface area contributed by atoms with Crippen molar-refractivity contribution in [1.82, 2.24) is 10.6 Å². The summed E-state index contributed by atoms with van der Waals surface area (Å²) < 4.78 is 47.1. The number of hydrogen-bond donors (Lipinski definition) is 4. The van der Waals surface area contributed by atoms with Crippen LogP contribution in [0.1, 0.15) is 36.8 Å². The summed E-state index contributed by atoms with van der Waals surface area (Å²) in [6.07, 6.45) is 2.87. The van der Waals surface area contributed by atoms with E-state index in [-0.39, 0.29) is 16.5 Å². The van der Waals surface area contributed by atoms with E-state index in [2.05, 4.69) is 10.6 Å². The summed E-state index contributed by atoms with van der Waals surface area (Å²) in [6, 6.07) is 25.2. The maximum absolute atomic E-state index is 13.0. The normalized spacial score (nSPS) is 11.0. The van der Waals surface area contributed by atoms with E-state index in [1.165, 1.54) is 30.3 Å². The minimum atomic E-state index is -3.89. The number of hydrogen-bond acceptors (Lipinski definition) is 7. The van der Waals surface area contributed by atoms with Gasteiger partial charge in [-0.1, -0.05) is 61.4 Å². The predicted molar refractivity (Wildman–Crippen MR) is 168 cm³/mol. The summed E-state index contributed by atoms with van der Waals surface area (Å²) >= 11 is 0. The van der Waals surface area contributed by atoms with E-state index in [1.54, 1.807) is 48.5 Å². The number of amides is 2. The lowest BCUT2D eigenvalue weighted by Crippen LogP contribution is -2.33. The van der Waals surface area contributed by atoms with Gasteiger partial charge in [-0.25, -0.2) is 27.5 Å². The van der Waals surface area contributed by atoms with Crippen molar-refractivity contribution in [2.24, 2.45) is 5.14 Å². The second-order valence-corrected chi connectivity index (χ2v) is 11.6. The van der Waals surface area contributed by atoms with Crippen molar-refractivity contribution in [3.8, 4) is 22.6 Å². The summed E-state index contributed by atoms with van der Waals surface area (Å²) in [5.41, 5.74) is 2.64. The van der Waals surface area contributed by atoms with Gasteiger partial charge in [0.2, 0.25) is 10.0 Å². The number of benzene rings is 4. The number of ether oxygens (including phenoxy) is 2. The van der Waals surface area contributed by atoms with Gasteiger partial charge in [0.25, 0.3) is 0 Å². The quantitative estimate of drug-likeness (QED) is 0.0833. The monoisotopic (exact) mass is 632 g/mol. The van der Waals surface area contributed by atoms with E-state index in [4.69, 9.17) is 20.0 Å². The van der Waals surface area contributed by atoms with Crippen LogP contribution in [0.2, 0.25) is 0 Å². The smallest absolute Gasteiger partial charge is 0.410 e. The molecule has 0 bridgehead atoms. The minimum absolute atomic E-state index is 0.0160. The van der Waals surface area contributed by atoms with E-state index in [1.807, 2.05) is 18.2 Å². The van der Waals surface area contributed by atoms with Gasteiger partial charge in [-0.15, -0.1) is 0 Å². The molecule has 5 N–H and O–H groups in total. The molecule has 0 radical (unpaired) electrons. The first-order valence-corrected chi connectivity index (χ1v) is 15.7. The molecule has 0 fully saturated rings. The molecule has 12 heteroatoms. The number of nitrogens with two attached hydrogens (primary N) is 1. The number of halogens is 1. The summed E-state index contributed by atoms with van der Waals surface area (Å²) in [5.74, 6) is -0.0646. The number of nitrogens with one attached hydrogen (secondary N) is 3. The zero-order chi connectivity index (χ0) is 32.2. The van der Waals surface area contributed by atoms with Crippen LogP contribution >= 0.6 is 0 Å².